The minimum atomic E-state index is -0.164. The Morgan fingerprint density at radius 2 is 1.73 bits per heavy atom. The number of para-hydroxylation sites is 1. The molecule has 0 saturated carbocycles. The number of amides is 1. The van der Waals surface area contributed by atoms with E-state index in [0.717, 1.165) is 59.6 Å². The Labute approximate surface area is 217 Å². The second-order valence-corrected chi connectivity index (χ2v) is 9.54. The van der Waals surface area contributed by atoms with Crippen molar-refractivity contribution >= 4 is 39.8 Å². The molecule has 2 aromatic heterocycles. The van der Waals surface area contributed by atoms with Gasteiger partial charge in [-0.2, -0.15) is 0 Å². The average Bonchev–Trinajstić information content (AvgIpc) is 2.89. The van der Waals surface area contributed by atoms with E-state index in [2.05, 4.69) is 61.7 Å². The van der Waals surface area contributed by atoms with Gasteiger partial charge in [0.1, 0.15) is 0 Å². The quantitative estimate of drug-likeness (QED) is 0.362. The zero-order valence-corrected chi connectivity index (χ0v) is 21.4. The molecule has 0 unspecified atom stereocenters. The molecule has 0 atom stereocenters. The number of rotatable bonds is 6. The molecule has 4 aromatic rings. The van der Waals surface area contributed by atoms with E-state index < -0.39 is 0 Å². The molecule has 0 spiro atoms. The van der Waals surface area contributed by atoms with Crippen molar-refractivity contribution < 1.29 is 4.79 Å². The van der Waals surface area contributed by atoms with E-state index in [1.165, 1.54) is 5.69 Å². The summed E-state index contributed by atoms with van der Waals surface area (Å²) in [6, 6.07) is 18.0. The second-order valence-electron chi connectivity index (χ2n) is 9.54. The topological polar surface area (TPSA) is 86.3 Å². The van der Waals surface area contributed by atoms with E-state index in [0.29, 0.717) is 11.6 Å². The van der Waals surface area contributed by atoms with E-state index in [1.807, 2.05) is 44.3 Å². The molecule has 1 saturated heterocycles. The average molecular weight is 494 g/mol. The first-order valence-corrected chi connectivity index (χ1v) is 12.4. The fraction of sp³-hybridized carbons (Fsp3) is 0.241. The largest absolute Gasteiger partial charge is 0.369 e. The van der Waals surface area contributed by atoms with Crippen LogP contribution in [0, 0.1) is 0 Å². The van der Waals surface area contributed by atoms with Gasteiger partial charge >= 0.3 is 0 Å². The number of piperazine rings is 1. The minimum absolute atomic E-state index is 0.164. The number of anilines is 4. The Hall–Kier alpha value is -4.30. The molecule has 1 amide bonds. The summed E-state index contributed by atoms with van der Waals surface area (Å²) in [6.07, 6.45) is 5.07. The van der Waals surface area contributed by atoms with Gasteiger partial charge in [-0.05, 0) is 57.3 Å². The lowest BCUT2D eigenvalue weighted by Crippen LogP contribution is -2.44. The molecule has 1 aliphatic rings. The van der Waals surface area contributed by atoms with Crippen LogP contribution in [0.1, 0.15) is 13.8 Å². The standard InChI is InChI=1S/C29H31N7O/c1-20(2)17-27(37)32-23-11-12-30-26(18-23)25-6-4-5-21-19-31-29(34-28(21)25)33-22-7-9-24(10-8-22)36-15-13-35(3)14-16-36/h4-12,17-19H,13-16H2,1-3H3,(H,30,32,37)(H,31,33,34). The number of aromatic nitrogens is 3. The highest BCUT2D eigenvalue weighted by atomic mass is 16.1. The summed E-state index contributed by atoms with van der Waals surface area (Å²) >= 11 is 0. The Kier molecular flexibility index (Phi) is 7.09. The van der Waals surface area contributed by atoms with Gasteiger partial charge in [0.2, 0.25) is 11.9 Å². The van der Waals surface area contributed by atoms with Gasteiger partial charge in [-0.25, -0.2) is 9.97 Å². The third-order valence-corrected chi connectivity index (χ3v) is 6.33. The molecule has 1 aliphatic heterocycles. The zero-order valence-electron chi connectivity index (χ0n) is 21.4. The predicted molar refractivity (Wildman–Crippen MR) is 150 cm³/mol. The molecule has 0 bridgehead atoms. The molecule has 0 aliphatic carbocycles. The van der Waals surface area contributed by atoms with Crippen LogP contribution in [0.2, 0.25) is 0 Å². The highest BCUT2D eigenvalue weighted by Gasteiger charge is 2.14. The molecular formula is C29H31N7O. The summed E-state index contributed by atoms with van der Waals surface area (Å²) in [4.78, 5) is 30.8. The van der Waals surface area contributed by atoms with Crippen LogP contribution in [0.5, 0.6) is 0 Å². The first kappa shape index (κ1) is 24.4. The lowest BCUT2D eigenvalue weighted by molar-refractivity contribution is -0.111. The predicted octanol–water partition coefficient (Wildman–Crippen LogP) is 5.09. The van der Waals surface area contributed by atoms with Crippen molar-refractivity contribution in [2.45, 2.75) is 13.8 Å². The van der Waals surface area contributed by atoms with Crippen molar-refractivity contribution in [2.24, 2.45) is 0 Å². The number of hydrogen-bond donors (Lipinski definition) is 2. The third kappa shape index (κ3) is 5.92. The Morgan fingerprint density at radius 3 is 2.49 bits per heavy atom. The van der Waals surface area contributed by atoms with E-state index >= 15 is 0 Å². The van der Waals surface area contributed by atoms with Gasteiger partial charge in [-0.1, -0.05) is 23.8 Å². The highest BCUT2D eigenvalue weighted by molar-refractivity contribution is 6.00. The molecule has 8 nitrogen and oxygen atoms in total. The number of hydrogen-bond acceptors (Lipinski definition) is 7. The number of nitrogens with zero attached hydrogens (tertiary/aromatic N) is 5. The molecule has 0 radical (unpaired) electrons. The maximum Gasteiger partial charge on any atom is 0.248 e. The fourth-order valence-electron chi connectivity index (χ4n) is 4.37. The number of fused-ring (bicyclic) bond motifs is 1. The number of nitrogens with one attached hydrogen (secondary N) is 2. The minimum Gasteiger partial charge on any atom is -0.369 e. The Balaban J connectivity index is 1.38. The van der Waals surface area contributed by atoms with Gasteiger partial charge in [0.25, 0.3) is 0 Å². The summed E-state index contributed by atoms with van der Waals surface area (Å²) in [7, 11) is 2.16. The molecule has 8 heteroatoms. The van der Waals surface area contributed by atoms with Crippen LogP contribution in [-0.4, -0.2) is 59.0 Å². The van der Waals surface area contributed by atoms with Crippen LogP contribution in [0.15, 0.2) is 78.6 Å². The van der Waals surface area contributed by atoms with Crippen LogP contribution < -0.4 is 15.5 Å². The van der Waals surface area contributed by atoms with Crippen molar-refractivity contribution in [3.63, 3.8) is 0 Å². The third-order valence-electron chi connectivity index (χ3n) is 6.33. The summed E-state index contributed by atoms with van der Waals surface area (Å²) in [5.41, 5.74) is 6.14. The van der Waals surface area contributed by atoms with Crippen LogP contribution in [0.25, 0.3) is 22.2 Å². The molecule has 3 heterocycles. The highest BCUT2D eigenvalue weighted by Crippen LogP contribution is 2.29. The summed E-state index contributed by atoms with van der Waals surface area (Å²) in [5.74, 6) is 0.350. The summed E-state index contributed by atoms with van der Waals surface area (Å²) in [6.45, 7) is 8.00. The smallest absolute Gasteiger partial charge is 0.248 e. The number of carbonyl (C=O) groups is 1. The normalized spacial score (nSPS) is 13.9. The molecular weight excluding hydrogens is 462 g/mol. The molecule has 2 aromatic carbocycles. The number of carbonyl (C=O) groups excluding carboxylic acids is 1. The van der Waals surface area contributed by atoms with Crippen molar-refractivity contribution in [2.75, 3.05) is 48.8 Å². The summed E-state index contributed by atoms with van der Waals surface area (Å²) in [5, 5.41) is 7.15. The van der Waals surface area contributed by atoms with Gasteiger partial charge < -0.3 is 20.4 Å². The van der Waals surface area contributed by atoms with Crippen LogP contribution in [0.4, 0.5) is 23.0 Å². The van der Waals surface area contributed by atoms with Crippen molar-refractivity contribution in [3.05, 3.63) is 78.6 Å². The van der Waals surface area contributed by atoms with Gasteiger partial charge in [-0.15, -0.1) is 0 Å². The number of allylic oxidation sites excluding steroid dienone is 1. The number of pyridine rings is 1. The fourth-order valence-corrected chi connectivity index (χ4v) is 4.37. The molecule has 37 heavy (non-hydrogen) atoms. The van der Waals surface area contributed by atoms with Crippen LogP contribution in [0.3, 0.4) is 0 Å². The van der Waals surface area contributed by atoms with E-state index in [4.69, 9.17) is 4.98 Å². The molecule has 1 fully saturated rings. The van der Waals surface area contributed by atoms with Crippen LogP contribution in [-0.2, 0) is 4.79 Å². The van der Waals surface area contributed by atoms with E-state index in [-0.39, 0.29) is 5.91 Å². The Bertz CT molecular complexity index is 1440. The van der Waals surface area contributed by atoms with E-state index in [1.54, 1.807) is 18.3 Å². The first-order chi connectivity index (χ1) is 17.9. The van der Waals surface area contributed by atoms with Gasteiger partial charge in [-0.3, -0.25) is 9.78 Å². The van der Waals surface area contributed by atoms with Crippen molar-refractivity contribution in [1.82, 2.24) is 19.9 Å². The molecule has 5 rings (SSSR count). The lowest BCUT2D eigenvalue weighted by Gasteiger charge is -2.34. The Morgan fingerprint density at radius 1 is 0.946 bits per heavy atom. The van der Waals surface area contributed by atoms with Crippen molar-refractivity contribution in [1.29, 1.82) is 0 Å². The number of likely N-dealkylation sites (N-methyl/N-ethyl adjacent to an activating group) is 1. The monoisotopic (exact) mass is 493 g/mol. The van der Waals surface area contributed by atoms with Gasteiger partial charge in [0.15, 0.2) is 0 Å². The SMILES string of the molecule is CC(C)=CC(=O)Nc1ccnc(-c2cccc3cnc(Nc4ccc(N5CCN(C)CC5)cc4)nc23)c1. The number of benzene rings is 2. The van der Waals surface area contributed by atoms with E-state index in [9.17, 15) is 4.79 Å². The summed E-state index contributed by atoms with van der Waals surface area (Å²) < 4.78 is 0. The maximum absolute atomic E-state index is 12.2. The molecule has 2 N–H and O–H groups in total. The first-order valence-electron chi connectivity index (χ1n) is 12.4. The molecule has 188 valence electrons. The zero-order chi connectivity index (χ0) is 25.8. The lowest BCUT2D eigenvalue weighted by atomic mass is 10.1. The van der Waals surface area contributed by atoms with Crippen LogP contribution >= 0.6 is 0 Å². The van der Waals surface area contributed by atoms with Gasteiger partial charge in [0, 0.05) is 72.7 Å². The second kappa shape index (κ2) is 10.8. The van der Waals surface area contributed by atoms with Crippen molar-refractivity contribution in [3.8, 4) is 11.3 Å². The maximum atomic E-state index is 12.2. The van der Waals surface area contributed by atoms with Gasteiger partial charge in [0.05, 0.1) is 11.2 Å².